The lowest BCUT2D eigenvalue weighted by Crippen LogP contribution is -2.46. The second-order valence-corrected chi connectivity index (χ2v) is 6.45. The molecule has 1 atom stereocenters. The van der Waals surface area contributed by atoms with E-state index in [1.54, 1.807) is 0 Å². The van der Waals surface area contributed by atoms with Crippen molar-refractivity contribution in [1.29, 1.82) is 0 Å². The van der Waals surface area contributed by atoms with Crippen LogP contribution in [-0.2, 0) is 5.41 Å². The van der Waals surface area contributed by atoms with E-state index < -0.39 is 0 Å². The molecule has 0 spiro atoms. The minimum Gasteiger partial charge on any atom is -0.396 e. The molecule has 1 fully saturated rings. The predicted octanol–water partition coefficient (Wildman–Crippen LogP) is 2.96. The van der Waals surface area contributed by atoms with Crippen molar-refractivity contribution in [2.24, 2.45) is 0 Å². The first-order chi connectivity index (χ1) is 10.7. The Morgan fingerprint density at radius 2 is 1.95 bits per heavy atom. The van der Waals surface area contributed by atoms with Gasteiger partial charge in [0.15, 0.2) is 0 Å². The average Bonchev–Trinajstić information content (AvgIpc) is 3.02. The van der Waals surface area contributed by atoms with Gasteiger partial charge in [-0.1, -0.05) is 43.2 Å². The van der Waals surface area contributed by atoms with Crippen LogP contribution in [0.2, 0.25) is 0 Å². The van der Waals surface area contributed by atoms with E-state index in [9.17, 15) is 4.79 Å². The van der Waals surface area contributed by atoms with Crippen molar-refractivity contribution in [2.75, 3.05) is 13.2 Å². The summed E-state index contributed by atoms with van der Waals surface area (Å²) in [5, 5.41) is 14.8. The van der Waals surface area contributed by atoms with Gasteiger partial charge in [0, 0.05) is 24.6 Å². The van der Waals surface area contributed by atoms with E-state index in [1.165, 1.54) is 18.4 Å². The summed E-state index contributed by atoms with van der Waals surface area (Å²) < 4.78 is 0. The van der Waals surface area contributed by atoms with Crippen molar-refractivity contribution in [1.82, 2.24) is 10.6 Å². The fourth-order valence-electron chi connectivity index (χ4n) is 3.40. The number of aliphatic hydroxyl groups is 1. The topological polar surface area (TPSA) is 61.4 Å². The lowest BCUT2D eigenvalue weighted by atomic mass is 9.79. The van der Waals surface area contributed by atoms with Crippen LogP contribution < -0.4 is 10.6 Å². The summed E-state index contributed by atoms with van der Waals surface area (Å²) in [7, 11) is 0. The molecule has 1 unspecified atom stereocenters. The maximum atomic E-state index is 12.1. The van der Waals surface area contributed by atoms with Gasteiger partial charge in [-0.3, -0.25) is 0 Å². The van der Waals surface area contributed by atoms with Gasteiger partial charge in [0.2, 0.25) is 0 Å². The molecule has 0 radical (unpaired) electrons. The van der Waals surface area contributed by atoms with Crippen LogP contribution in [-0.4, -0.2) is 30.3 Å². The zero-order chi connectivity index (χ0) is 15.8. The Balaban J connectivity index is 1.89. The van der Waals surface area contributed by atoms with Crippen LogP contribution in [0, 0.1) is 0 Å². The molecule has 1 saturated carbocycles. The molecule has 0 saturated heterocycles. The third-order valence-corrected chi connectivity index (χ3v) is 4.71. The zero-order valence-corrected chi connectivity index (χ0v) is 13.5. The van der Waals surface area contributed by atoms with E-state index in [4.69, 9.17) is 5.11 Å². The van der Waals surface area contributed by atoms with Gasteiger partial charge < -0.3 is 15.7 Å². The van der Waals surface area contributed by atoms with E-state index in [0.717, 1.165) is 25.7 Å². The van der Waals surface area contributed by atoms with Crippen LogP contribution in [0.25, 0.3) is 0 Å². The van der Waals surface area contributed by atoms with Crippen LogP contribution in [0.4, 0.5) is 4.79 Å². The molecule has 4 heteroatoms. The number of hydrogen-bond donors (Lipinski definition) is 3. The zero-order valence-electron chi connectivity index (χ0n) is 13.5. The average molecular weight is 304 g/mol. The van der Waals surface area contributed by atoms with Crippen molar-refractivity contribution < 1.29 is 9.90 Å². The number of amides is 2. The van der Waals surface area contributed by atoms with Crippen LogP contribution in [0.3, 0.4) is 0 Å². The van der Waals surface area contributed by atoms with E-state index in [2.05, 4.69) is 34.9 Å². The lowest BCUT2D eigenvalue weighted by Gasteiger charge is -2.30. The highest BCUT2D eigenvalue weighted by atomic mass is 16.3. The maximum Gasteiger partial charge on any atom is 0.315 e. The predicted molar refractivity (Wildman–Crippen MR) is 88.9 cm³/mol. The molecule has 1 aromatic carbocycles. The number of carbonyl (C=O) groups is 1. The molecule has 122 valence electrons. The molecular weight excluding hydrogens is 276 g/mol. The minimum atomic E-state index is -0.104. The highest BCUT2D eigenvalue weighted by Crippen LogP contribution is 2.40. The minimum absolute atomic E-state index is 0.0865. The molecule has 0 aliphatic heterocycles. The summed E-state index contributed by atoms with van der Waals surface area (Å²) in [5.74, 6) is 0. The molecule has 4 nitrogen and oxygen atoms in total. The third kappa shape index (κ3) is 4.47. The largest absolute Gasteiger partial charge is 0.396 e. The standard InChI is InChI=1S/C18H28N2O2/c1-15(8-7-13-21)20-17(22)19-14-18(11-5-6-12-18)16-9-3-2-4-10-16/h2-4,9-10,15,21H,5-8,11-14H2,1H3,(H2,19,20,22). The summed E-state index contributed by atoms with van der Waals surface area (Å²) in [6.07, 6.45) is 6.24. The molecule has 22 heavy (non-hydrogen) atoms. The number of benzene rings is 1. The molecule has 3 N–H and O–H groups in total. The number of hydrogen-bond acceptors (Lipinski definition) is 2. The smallest absolute Gasteiger partial charge is 0.315 e. The Labute approximate surface area is 133 Å². The monoisotopic (exact) mass is 304 g/mol. The Kier molecular flexibility index (Phi) is 6.25. The molecule has 1 aromatic rings. The van der Waals surface area contributed by atoms with Gasteiger partial charge in [0.25, 0.3) is 0 Å². The van der Waals surface area contributed by atoms with Gasteiger partial charge in [-0.05, 0) is 38.2 Å². The molecule has 1 aliphatic rings. The summed E-state index contributed by atoms with van der Waals surface area (Å²) in [5.41, 5.74) is 1.42. The molecule has 2 rings (SSSR count). The van der Waals surface area contributed by atoms with Gasteiger partial charge in [0.1, 0.15) is 0 Å². The Hall–Kier alpha value is -1.55. The number of urea groups is 1. The SMILES string of the molecule is CC(CCCO)NC(=O)NCC1(c2ccccc2)CCCC1. The maximum absolute atomic E-state index is 12.1. The first-order valence-corrected chi connectivity index (χ1v) is 8.37. The summed E-state index contributed by atoms with van der Waals surface area (Å²) >= 11 is 0. The highest BCUT2D eigenvalue weighted by Gasteiger charge is 2.35. The van der Waals surface area contributed by atoms with Crippen LogP contribution >= 0.6 is 0 Å². The Bertz CT molecular complexity index is 455. The van der Waals surface area contributed by atoms with Crippen molar-refractivity contribution in [2.45, 2.75) is 56.9 Å². The van der Waals surface area contributed by atoms with E-state index in [0.29, 0.717) is 6.54 Å². The van der Waals surface area contributed by atoms with Crippen molar-refractivity contribution in [3.05, 3.63) is 35.9 Å². The fourth-order valence-corrected chi connectivity index (χ4v) is 3.40. The quantitative estimate of drug-likeness (QED) is 0.725. The van der Waals surface area contributed by atoms with Crippen molar-refractivity contribution in [3.8, 4) is 0 Å². The lowest BCUT2D eigenvalue weighted by molar-refractivity contribution is 0.231. The van der Waals surface area contributed by atoms with Gasteiger partial charge in [0.05, 0.1) is 0 Å². The molecule has 0 aromatic heterocycles. The first kappa shape index (κ1) is 16.8. The Morgan fingerprint density at radius 3 is 2.59 bits per heavy atom. The first-order valence-electron chi connectivity index (χ1n) is 8.37. The highest BCUT2D eigenvalue weighted by molar-refractivity contribution is 5.74. The fraction of sp³-hybridized carbons (Fsp3) is 0.611. The summed E-state index contributed by atoms with van der Waals surface area (Å²) in [6.45, 7) is 2.83. The molecule has 2 amide bonds. The Morgan fingerprint density at radius 1 is 1.27 bits per heavy atom. The van der Waals surface area contributed by atoms with Crippen LogP contribution in [0.1, 0.15) is 51.0 Å². The van der Waals surface area contributed by atoms with Crippen molar-refractivity contribution in [3.63, 3.8) is 0 Å². The number of aliphatic hydroxyl groups excluding tert-OH is 1. The van der Waals surface area contributed by atoms with E-state index in [-0.39, 0.29) is 24.1 Å². The summed E-state index contributed by atoms with van der Waals surface area (Å²) in [4.78, 5) is 12.1. The van der Waals surface area contributed by atoms with Gasteiger partial charge >= 0.3 is 6.03 Å². The van der Waals surface area contributed by atoms with Gasteiger partial charge in [-0.15, -0.1) is 0 Å². The number of nitrogens with one attached hydrogen (secondary N) is 2. The summed E-state index contributed by atoms with van der Waals surface area (Å²) in [6, 6.07) is 10.5. The van der Waals surface area contributed by atoms with Crippen LogP contribution in [0.5, 0.6) is 0 Å². The number of carbonyl (C=O) groups excluding carboxylic acids is 1. The van der Waals surface area contributed by atoms with Crippen molar-refractivity contribution >= 4 is 6.03 Å². The molecule has 0 heterocycles. The molecular formula is C18H28N2O2. The molecule has 1 aliphatic carbocycles. The second-order valence-electron chi connectivity index (χ2n) is 6.45. The normalized spacial score (nSPS) is 17.9. The second kappa shape index (κ2) is 8.18. The van der Waals surface area contributed by atoms with Gasteiger partial charge in [-0.2, -0.15) is 0 Å². The van der Waals surface area contributed by atoms with Gasteiger partial charge in [-0.25, -0.2) is 4.79 Å². The van der Waals surface area contributed by atoms with Crippen LogP contribution in [0.15, 0.2) is 30.3 Å². The number of rotatable bonds is 7. The third-order valence-electron chi connectivity index (χ3n) is 4.71. The molecule has 0 bridgehead atoms. The van der Waals surface area contributed by atoms with E-state index >= 15 is 0 Å². The van der Waals surface area contributed by atoms with E-state index in [1.807, 2.05) is 13.0 Å².